The molecule has 0 aromatic heterocycles. The Morgan fingerprint density at radius 3 is 2.48 bits per heavy atom. The molecule has 1 heterocycles. The normalized spacial score (nSPS) is 20.5. The number of hydrogen-bond donors (Lipinski definition) is 2. The van der Waals surface area contributed by atoms with E-state index in [1.807, 2.05) is 26.0 Å². The molecule has 1 aliphatic carbocycles. The number of likely N-dealkylation sites (tertiary alicyclic amines) is 1. The number of phenolic OH excluding ortho intramolecular Hbond substituents is 1. The van der Waals surface area contributed by atoms with Crippen LogP contribution in [0.25, 0.3) is 0 Å². The lowest BCUT2D eigenvalue weighted by Crippen LogP contribution is -2.39. The van der Waals surface area contributed by atoms with Gasteiger partial charge >= 0.3 is 0 Å². The summed E-state index contributed by atoms with van der Waals surface area (Å²) < 4.78 is 0. The standard InChI is InChI=1S/C17H24N2O2/c1-11-3-6-15(12(2)16(11)20)18-17(21)13-7-9-19(10-8-13)14-4-5-14/h3,6,13-14,20H,4-5,7-10H2,1-2H3,(H,18,21). The van der Waals surface area contributed by atoms with Crippen LogP contribution in [0.5, 0.6) is 5.75 Å². The van der Waals surface area contributed by atoms with Gasteiger partial charge in [0.05, 0.1) is 0 Å². The molecule has 4 heteroatoms. The highest BCUT2D eigenvalue weighted by molar-refractivity contribution is 5.93. The largest absolute Gasteiger partial charge is 0.507 e. The Morgan fingerprint density at radius 1 is 1.19 bits per heavy atom. The van der Waals surface area contributed by atoms with Crippen molar-refractivity contribution >= 4 is 11.6 Å². The van der Waals surface area contributed by atoms with Crippen LogP contribution in [-0.2, 0) is 4.79 Å². The first-order chi connectivity index (χ1) is 10.1. The Kier molecular flexibility index (Phi) is 3.89. The van der Waals surface area contributed by atoms with Crippen molar-refractivity contribution < 1.29 is 9.90 Å². The first-order valence-electron chi connectivity index (χ1n) is 7.90. The van der Waals surface area contributed by atoms with Crippen molar-refractivity contribution in [3.8, 4) is 5.75 Å². The van der Waals surface area contributed by atoms with Crippen LogP contribution in [0.1, 0.15) is 36.8 Å². The van der Waals surface area contributed by atoms with Crippen molar-refractivity contribution in [2.75, 3.05) is 18.4 Å². The number of amides is 1. The lowest BCUT2D eigenvalue weighted by Gasteiger charge is -2.31. The van der Waals surface area contributed by atoms with E-state index in [0.717, 1.165) is 48.8 Å². The number of benzene rings is 1. The molecule has 21 heavy (non-hydrogen) atoms. The van der Waals surface area contributed by atoms with Gasteiger partial charge in [0.2, 0.25) is 5.91 Å². The van der Waals surface area contributed by atoms with E-state index in [9.17, 15) is 9.90 Å². The molecule has 2 N–H and O–H groups in total. The number of rotatable bonds is 3. The predicted molar refractivity (Wildman–Crippen MR) is 83.5 cm³/mol. The van der Waals surface area contributed by atoms with E-state index in [2.05, 4.69) is 10.2 Å². The fourth-order valence-corrected chi connectivity index (χ4v) is 3.17. The van der Waals surface area contributed by atoms with Crippen molar-refractivity contribution in [2.24, 2.45) is 5.92 Å². The molecule has 2 aliphatic rings. The van der Waals surface area contributed by atoms with Gasteiger partial charge in [-0.3, -0.25) is 4.79 Å². The van der Waals surface area contributed by atoms with Crippen LogP contribution in [0.2, 0.25) is 0 Å². The highest BCUT2D eigenvalue weighted by atomic mass is 16.3. The molecule has 2 fully saturated rings. The van der Waals surface area contributed by atoms with Crippen LogP contribution in [0.15, 0.2) is 12.1 Å². The summed E-state index contributed by atoms with van der Waals surface area (Å²) in [6, 6.07) is 4.51. The van der Waals surface area contributed by atoms with Crippen LogP contribution in [0.4, 0.5) is 5.69 Å². The quantitative estimate of drug-likeness (QED) is 0.899. The topological polar surface area (TPSA) is 52.6 Å². The van der Waals surface area contributed by atoms with Crippen molar-refractivity contribution in [1.29, 1.82) is 0 Å². The molecule has 0 spiro atoms. The average Bonchev–Trinajstić information content (AvgIpc) is 3.33. The second-order valence-corrected chi connectivity index (χ2v) is 6.43. The van der Waals surface area contributed by atoms with E-state index in [1.54, 1.807) is 0 Å². The van der Waals surface area contributed by atoms with E-state index in [0.29, 0.717) is 0 Å². The van der Waals surface area contributed by atoms with Gasteiger partial charge in [-0.05, 0) is 64.3 Å². The lowest BCUT2D eigenvalue weighted by atomic mass is 9.95. The zero-order valence-corrected chi connectivity index (χ0v) is 12.9. The van der Waals surface area contributed by atoms with E-state index >= 15 is 0 Å². The number of nitrogens with one attached hydrogen (secondary N) is 1. The summed E-state index contributed by atoms with van der Waals surface area (Å²) >= 11 is 0. The van der Waals surface area contributed by atoms with Gasteiger partial charge in [0.1, 0.15) is 5.75 Å². The van der Waals surface area contributed by atoms with Gasteiger partial charge in [-0.15, -0.1) is 0 Å². The average molecular weight is 288 g/mol. The number of nitrogens with zero attached hydrogens (tertiary/aromatic N) is 1. The van der Waals surface area contributed by atoms with Crippen molar-refractivity contribution in [2.45, 2.75) is 45.6 Å². The SMILES string of the molecule is Cc1ccc(NC(=O)C2CCN(C3CC3)CC2)c(C)c1O. The Bertz CT molecular complexity index is 544. The summed E-state index contributed by atoms with van der Waals surface area (Å²) in [6.07, 6.45) is 4.55. The Morgan fingerprint density at radius 2 is 1.86 bits per heavy atom. The number of aryl methyl sites for hydroxylation is 1. The summed E-state index contributed by atoms with van der Waals surface area (Å²) in [5, 5.41) is 12.9. The Balaban J connectivity index is 1.60. The Hall–Kier alpha value is -1.55. The molecule has 1 amide bonds. The predicted octanol–water partition coefficient (Wildman–Crippen LogP) is 2.82. The van der Waals surface area contributed by atoms with Gasteiger partial charge in [-0.2, -0.15) is 0 Å². The maximum atomic E-state index is 12.4. The van der Waals surface area contributed by atoms with Gasteiger partial charge in [-0.25, -0.2) is 0 Å². The van der Waals surface area contributed by atoms with E-state index in [4.69, 9.17) is 0 Å². The summed E-state index contributed by atoms with van der Waals surface area (Å²) in [6.45, 7) is 5.79. The lowest BCUT2D eigenvalue weighted by molar-refractivity contribution is -0.121. The van der Waals surface area contributed by atoms with Crippen molar-refractivity contribution in [3.63, 3.8) is 0 Å². The third kappa shape index (κ3) is 3.05. The molecule has 0 bridgehead atoms. The van der Waals surface area contributed by atoms with Crippen LogP contribution < -0.4 is 5.32 Å². The maximum Gasteiger partial charge on any atom is 0.227 e. The number of anilines is 1. The molecule has 1 aliphatic heterocycles. The zero-order chi connectivity index (χ0) is 15.0. The monoisotopic (exact) mass is 288 g/mol. The molecule has 3 rings (SSSR count). The fourth-order valence-electron chi connectivity index (χ4n) is 3.17. The zero-order valence-electron chi connectivity index (χ0n) is 12.9. The minimum atomic E-state index is 0.0943. The molecule has 1 aromatic rings. The number of carbonyl (C=O) groups excluding carboxylic acids is 1. The van der Waals surface area contributed by atoms with Crippen LogP contribution in [0, 0.1) is 19.8 Å². The third-order valence-corrected chi connectivity index (χ3v) is 4.85. The molecular weight excluding hydrogens is 264 g/mol. The molecule has 1 saturated carbocycles. The van der Waals surface area contributed by atoms with Gasteiger partial charge in [-0.1, -0.05) is 6.07 Å². The number of phenols is 1. The van der Waals surface area contributed by atoms with Gasteiger partial charge in [0, 0.05) is 23.2 Å². The first kappa shape index (κ1) is 14.4. The minimum Gasteiger partial charge on any atom is -0.507 e. The van der Waals surface area contributed by atoms with Gasteiger partial charge in [0.25, 0.3) is 0 Å². The maximum absolute atomic E-state index is 12.4. The molecule has 1 aromatic carbocycles. The first-order valence-corrected chi connectivity index (χ1v) is 7.90. The number of piperidine rings is 1. The van der Waals surface area contributed by atoms with Crippen molar-refractivity contribution in [1.82, 2.24) is 4.90 Å². The van der Waals surface area contributed by atoms with Gasteiger partial charge in [0.15, 0.2) is 0 Å². The molecule has 0 atom stereocenters. The summed E-state index contributed by atoms with van der Waals surface area (Å²) in [4.78, 5) is 14.9. The smallest absolute Gasteiger partial charge is 0.227 e. The van der Waals surface area contributed by atoms with Gasteiger partial charge < -0.3 is 15.3 Å². The van der Waals surface area contributed by atoms with Crippen LogP contribution >= 0.6 is 0 Å². The number of carbonyl (C=O) groups is 1. The molecule has 1 saturated heterocycles. The molecular formula is C17H24N2O2. The highest BCUT2D eigenvalue weighted by Gasteiger charge is 2.33. The second-order valence-electron chi connectivity index (χ2n) is 6.43. The van der Waals surface area contributed by atoms with Crippen LogP contribution in [-0.4, -0.2) is 35.0 Å². The number of hydrogen-bond acceptors (Lipinski definition) is 3. The van der Waals surface area contributed by atoms with Crippen molar-refractivity contribution in [3.05, 3.63) is 23.3 Å². The van der Waals surface area contributed by atoms with Crippen LogP contribution in [0.3, 0.4) is 0 Å². The second kappa shape index (κ2) is 5.68. The number of aromatic hydroxyl groups is 1. The fraction of sp³-hybridized carbons (Fsp3) is 0.588. The molecule has 0 radical (unpaired) electrons. The third-order valence-electron chi connectivity index (χ3n) is 4.85. The summed E-state index contributed by atoms with van der Waals surface area (Å²) in [7, 11) is 0. The van der Waals surface area contributed by atoms with E-state index < -0.39 is 0 Å². The molecule has 0 unspecified atom stereocenters. The summed E-state index contributed by atoms with van der Waals surface area (Å²) in [5.74, 6) is 0.469. The van der Waals surface area contributed by atoms with E-state index in [-0.39, 0.29) is 17.6 Å². The molecule has 4 nitrogen and oxygen atoms in total. The molecule has 114 valence electrons. The van der Waals surface area contributed by atoms with E-state index in [1.165, 1.54) is 12.8 Å². The Labute approximate surface area is 126 Å². The minimum absolute atomic E-state index is 0.0943. The highest BCUT2D eigenvalue weighted by Crippen LogP contribution is 2.32. The summed E-state index contributed by atoms with van der Waals surface area (Å²) in [5.41, 5.74) is 2.31.